The fourth-order valence-corrected chi connectivity index (χ4v) is 5.17. The van der Waals surface area contributed by atoms with Gasteiger partial charge in [0.1, 0.15) is 11.5 Å². The van der Waals surface area contributed by atoms with Gasteiger partial charge in [0.25, 0.3) is 11.8 Å². The van der Waals surface area contributed by atoms with E-state index in [1.165, 1.54) is 0 Å². The molecule has 10 heteroatoms. The van der Waals surface area contributed by atoms with Crippen LogP contribution in [0.3, 0.4) is 0 Å². The summed E-state index contributed by atoms with van der Waals surface area (Å²) in [5.74, 6) is 1.01. The summed E-state index contributed by atoms with van der Waals surface area (Å²) < 4.78 is 14.6. The van der Waals surface area contributed by atoms with Crippen LogP contribution in [0.2, 0.25) is 0 Å². The Morgan fingerprint density at radius 1 is 0.700 bits per heavy atom. The van der Waals surface area contributed by atoms with Gasteiger partial charge in [0.2, 0.25) is 0 Å². The second kappa shape index (κ2) is 11.0. The van der Waals surface area contributed by atoms with Crippen LogP contribution >= 0.6 is 63.7 Å². The molecule has 0 radical (unpaired) electrons. The maximum absolute atomic E-state index is 12.4. The van der Waals surface area contributed by atoms with Gasteiger partial charge in [-0.3, -0.25) is 9.59 Å². The van der Waals surface area contributed by atoms with Gasteiger partial charge in [-0.2, -0.15) is 0 Å². The molecule has 1 aliphatic heterocycles. The van der Waals surface area contributed by atoms with E-state index in [2.05, 4.69) is 63.7 Å². The first kappa shape index (κ1) is 23.6. The van der Waals surface area contributed by atoms with E-state index in [0.717, 1.165) is 17.9 Å². The molecule has 0 atom stereocenters. The summed E-state index contributed by atoms with van der Waals surface area (Å²) in [6.45, 7) is 1.79. The zero-order chi connectivity index (χ0) is 21.7. The van der Waals surface area contributed by atoms with E-state index < -0.39 is 0 Å². The van der Waals surface area contributed by atoms with Gasteiger partial charge in [0, 0.05) is 35.1 Å². The van der Waals surface area contributed by atoms with Gasteiger partial charge in [0.15, 0.2) is 13.2 Å². The third-order valence-electron chi connectivity index (χ3n) is 4.48. The predicted octanol–water partition coefficient (Wildman–Crippen LogP) is 4.87. The van der Waals surface area contributed by atoms with Crippen LogP contribution in [0, 0.1) is 0 Å². The zero-order valence-electron chi connectivity index (χ0n) is 15.7. The van der Waals surface area contributed by atoms with Gasteiger partial charge in [-0.05, 0) is 68.3 Å². The second-order valence-corrected chi connectivity index (χ2v) is 10.0. The number of halogens is 4. The molecule has 160 valence electrons. The van der Waals surface area contributed by atoms with E-state index in [1.807, 2.05) is 24.3 Å². The zero-order valence-corrected chi connectivity index (χ0v) is 22.1. The Balaban J connectivity index is 1.43. The predicted molar refractivity (Wildman–Crippen MR) is 128 cm³/mol. The van der Waals surface area contributed by atoms with E-state index in [0.29, 0.717) is 37.7 Å². The van der Waals surface area contributed by atoms with Gasteiger partial charge < -0.3 is 19.3 Å². The Morgan fingerprint density at radius 3 is 1.40 bits per heavy atom. The minimum Gasteiger partial charge on any atom is -0.483 e. The van der Waals surface area contributed by atoms with Crippen LogP contribution in [0.5, 0.6) is 11.5 Å². The Kier molecular flexibility index (Phi) is 8.62. The molecule has 1 fully saturated rings. The van der Waals surface area contributed by atoms with Crippen molar-refractivity contribution < 1.29 is 19.1 Å². The smallest absolute Gasteiger partial charge is 0.260 e. The van der Waals surface area contributed by atoms with Crippen molar-refractivity contribution in [1.29, 1.82) is 0 Å². The number of ether oxygens (including phenoxy) is 2. The lowest BCUT2D eigenvalue weighted by molar-refractivity contribution is -0.141. The first-order valence-electron chi connectivity index (χ1n) is 9.05. The van der Waals surface area contributed by atoms with Crippen molar-refractivity contribution >= 4 is 75.5 Å². The van der Waals surface area contributed by atoms with Gasteiger partial charge in [-0.1, -0.05) is 31.9 Å². The molecule has 30 heavy (non-hydrogen) atoms. The van der Waals surface area contributed by atoms with Crippen LogP contribution in [0.4, 0.5) is 0 Å². The lowest BCUT2D eigenvalue weighted by atomic mass is 10.3. The van der Waals surface area contributed by atoms with Gasteiger partial charge >= 0.3 is 0 Å². The molecule has 2 amide bonds. The third kappa shape index (κ3) is 6.45. The van der Waals surface area contributed by atoms with Gasteiger partial charge in [-0.25, -0.2) is 0 Å². The quantitative estimate of drug-likeness (QED) is 0.441. The largest absolute Gasteiger partial charge is 0.483 e. The SMILES string of the molecule is O=C(COc1ccc(Br)cc1Br)N1CCN(C(=O)COc2ccc(Br)cc2Br)CC1. The van der Waals surface area contributed by atoms with Gasteiger partial charge in [-0.15, -0.1) is 0 Å². The molecule has 2 aromatic rings. The summed E-state index contributed by atoms with van der Waals surface area (Å²) in [6.07, 6.45) is 0. The highest BCUT2D eigenvalue weighted by atomic mass is 79.9. The Bertz CT molecular complexity index is 858. The summed E-state index contributed by atoms with van der Waals surface area (Å²) >= 11 is 13.6. The highest BCUT2D eigenvalue weighted by molar-refractivity contribution is 9.11. The molecule has 0 aliphatic carbocycles. The van der Waals surface area contributed by atoms with Crippen molar-refractivity contribution in [3.05, 3.63) is 54.3 Å². The fourth-order valence-electron chi connectivity index (χ4n) is 2.85. The molecule has 2 aromatic carbocycles. The number of amides is 2. The van der Waals surface area contributed by atoms with E-state index in [-0.39, 0.29) is 25.0 Å². The molecule has 6 nitrogen and oxygen atoms in total. The van der Waals surface area contributed by atoms with E-state index in [1.54, 1.807) is 21.9 Å². The fraction of sp³-hybridized carbons (Fsp3) is 0.300. The number of nitrogens with zero attached hydrogens (tertiary/aromatic N) is 2. The lowest BCUT2D eigenvalue weighted by Gasteiger charge is -2.34. The van der Waals surface area contributed by atoms with Crippen molar-refractivity contribution in [1.82, 2.24) is 9.80 Å². The molecule has 0 N–H and O–H groups in total. The highest BCUT2D eigenvalue weighted by Crippen LogP contribution is 2.29. The summed E-state index contributed by atoms with van der Waals surface area (Å²) in [5.41, 5.74) is 0. The number of benzene rings is 2. The Morgan fingerprint density at radius 2 is 1.07 bits per heavy atom. The van der Waals surface area contributed by atoms with E-state index in [9.17, 15) is 9.59 Å². The monoisotopic (exact) mass is 666 g/mol. The number of carbonyl (C=O) groups is 2. The molecule has 0 saturated carbocycles. The molecule has 3 rings (SSSR count). The highest BCUT2D eigenvalue weighted by Gasteiger charge is 2.25. The number of hydrogen-bond donors (Lipinski definition) is 0. The van der Waals surface area contributed by atoms with Crippen LogP contribution in [-0.2, 0) is 9.59 Å². The lowest BCUT2D eigenvalue weighted by Crippen LogP contribution is -2.52. The first-order valence-corrected chi connectivity index (χ1v) is 12.2. The molecular weight excluding hydrogens is 652 g/mol. The maximum Gasteiger partial charge on any atom is 0.260 e. The Labute approximate surface area is 208 Å². The normalized spacial score (nSPS) is 13.9. The van der Waals surface area contributed by atoms with E-state index >= 15 is 0 Å². The van der Waals surface area contributed by atoms with Gasteiger partial charge in [0.05, 0.1) is 8.95 Å². The molecule has 0 bridgehead atoms. The van der Waals surface area contributed by atoms with E-state index in [4.69, 9.17) is 9.47 Å². The van der Waals surface area contributed by atoms with Crippen molar-refractivity contribution in [3.63, 3.8) is 0 Å². The number of rotatable bonds is 6. The summed E-state index contributed by atoms with van der Waals surface area (Å²) in [7, 11) is 0. The molecule has 1 aliphatic rings. The van der Waals surface area contributed by atoms with Crippen LogP contribution in [-0.4, -0.2) is 61.0 Å². The number of carbonyl (C=O) groups excluding carboxylic acids is 2. The summed E-state index contributed by atoms with van der Waals surface area (Å²) in [6, 6.07) is 11.0. The molecule has 0 unspecified atom stereocenters. The minimum atomic E-state index is -0.105. The maximum atomic E-state index is 12.4. The average Bonchev–Trinajstić information content (AvgIpc) is 2.72. The van der Waals surface area contributed by atoms with Crippen LogP contribution in [0.1, 0.15) is 0 Å². The second-order valence-electron chi connectivity index (χ2n) is 6.49. The Hall–Kier alpha value is -1.10. The molecule has 1 saturated heterocycles. The molecule has 0 spiro atoms. The number of hydrogen-bond acceptors (Lipinski definition) is 4. The summed E-state index contributed by atoms with van der Waals surface area (Å²) in [4.78, 5) is 28.3. The molecule has 0 aromatic heterocycles. The average molecular weight is 670 g/mol. The third-order valence-corrected chi connectivity index (χ3v) is 6.70. The van der Waals surface area contributed by atoms with Crippen molar-refractivity contribution in [2.45, 2.75) is 0 Å². The summed E-state index contributed by atoms with van der Waals surface area (Å²) in [5, 5.41) is 0. The molecule has 1 heterocycles. The van der Waals surface area contributed by atoms with Crippen molar-refractivity contribution in [2.24, 2.45) is 0 Å². The molecular formula is C20H18Br4N2O4. The standard InChI is InChI=1S/C20H18Br4N2O4/c21-13-1-3-17(15(23)9-13)29-11-19(27)25-5-7-26(8-6-25)20(28)12-30-18-4-2-14(22)10-16(18)24/h1-4,9-10H,5-8,11-12H2. The van der Waals surface area contributed by atoms with Crippen molar-refractivity contribution in [3.8, 4) is 11.5 Å². The van der Waals surface area contributed by atoms with Crippen LogP contribution in [0.25, 0.3) is 0 Å². The number of piperazine rings is 1. The van der Waals surface area contributed by atoms with Crippen LogP contribution < -0.4 is 9.47 Å². The van der Waals surface area contributed by atoms with Crippen molar-refractivity contribution in [2.75, 3.05) is 39.4 Å². The van der Waals surface area contributed by atoms with Crippen LogP contribution in [0.15, 0.2) is 54.3 Å². The minimum absolute atomic E-state index is 0.0467. The topological polar surface area (TPSA) is 59.1 Å². The first-order chi connectivity index (χ1) is 14.3.